The second-order valence-electron chi connectivity index (χ2n) is 4.40. The average Bonchev–Trinajstić information content (AvgIpc) is 2.37. The molecule has 98 valence electrons. The maximum atomic E-state index is 11.2. The predicted molar refractivity (Wildman–Crippen MR) is 68.5 cm³/mol. The van der Waals surface area contributed by atoms with Crippen LogP contribution < -0.4 is 11.1 Å². The van der Waals surface area contributed by atoms with Crippen LogP contribution in [-0.2, 0) is 4.74 Å². The lowest BCUT2D eigenvalue weighted by Crippen LogP contribution is -2.43. The number of aromatic nitrogens is 1. The zero-order valence-corrected chi connectivity index (χ0v) is 10.4. The van der Waals surface area contributed by atoms with Crippen LogP contribution in [0.15, 0.2) is 18.3 Å². The fourth-order valence-electron chi connectivity index (χ4n) is 1.95. The number of primary amides is 1. The Bertz CT molecular complexity index is 424. The molecule has 1 amide bonds. The lowest BCUT2D eigenvalue weighted by atomic mass is 10.2. The number of nitrogens with two attached hydrogens (primary N) is 1. The number of likely N-dealkylation sites (N-methyl/N-ethyl adjacent to an activating group) is 1. The maximum Gasteiger partial charge on any atom is 0.252 e. The first-order valence-electron chi connectivity index (χ1n) is 5.95. The summed E-state index contributed by atoms with van der Waals surface area (Å²) in [5, 5.41) is 3.12. The van der Waals surface area contributed by atoms with Gasteiger partial charge in [-0.15, -0.1) is 0 Å². The number of nitrogens with zero attached hydrogens (tertiary/aromatic N) is 2. The predicted octanol–water partition coefficient (Wildman–Crippen LogP) is -0.0770. The molecule has 6 heteroatoms. The zero-order valence-electron chi connectivity index (χ0n) is 10.4. The third-order valence-electron chi connectivity index (χ3n) is 2.91. The van der Waals surface area contributed by atoms with Crippen molar-refractivity contribution in [2.75, 3.05) is 38.6 Å². The van der Waals surface area contributed by atoms with E-state index in [4.69, 9.17) is 10.5 Å². The number of hydrogen-bond acceptors (Lipinski definition) is 5. The minimum absolute atomic E-state index is 0.103. The largest absolute Gasteiger partial charge is 0.374 e. The fraction of sp³-hybridized carbons (Fsp3) is 0.500. The van der Waals surface area contributed by atoms with Crippen molar-refractivity contribution in [2.24, 2.45) is 5.73 Å². The van der Waals surface area contributed by atoms with Gasteiger partial charge < -0.3 is 20.7 Å². The molecular formula is C12H18N4O2. The number of carbonyl (C=O) groups is 1. The molecule has 2 rings (SSSR count). The SMILES string of the molecule is CN1CCOC(CNc2ncccc2C(N)=O)C1. The minimum atomic E-state index is -0.479. The Morgan fingerprint density at radius 2 is 2.56 bits per heavy atom. The first kappa shape index (κ1) is 12.8. The van der Waals surface area contributed by atoms with Gasteiger partial charge in [-0.25, -0.2) is 4.98 Å². The molecule has 1 aliphatic rings. The molecule has 1 aliphatic heterocycles. The van der Waals surface area contributed by atoms with Crippen LogP contribution in [0, 0.1) is 0 Å². The molecule has 0 saturated carbocycles. The molecule has 1 aromatic rings. The van der Waals surface area contributed by atoms with Gasteiger partial charge in [-0.1, -0.05) is 0 Å². The summed E-state index contributed by atoms with van der Waals surface area (Å²) < 4.78 is 5.62. The average molecular weight is 250 g/mol. The highest BCUT2D eigenvalue weighted by Crippen LogP contribution is 2.11. The number of nitrogens with one attached hydrogen (secondary N) is 1. The Morgan fingerprint density at radius 1 is 1.72 bits per heavy atom. The van der Waals surface area contributed by atoms with E-state index in [9.17, 15) is 4.79 Å². The van der Waals surface area contributed by atoms with Gasteiger partial charge in [0.25, 0.3) is 5.91 Å². The van der Waals surface area contributed by atoms with E-state index < -0.39 is 5.91 Å². The number of pyridine rings is 1. The fourth-order valence-corrected chi connectivity index (χ4v) is 1.95. The monoisotopic (exact) mass is 250 g/mol. The molecular weight excluding hydrogens is 232 g/mol. The van der Waals surface area contributed by atoms with Crippen LogP contribution in [0.1, 0.15) is 10.4 Å². The summed E-state index contributed by atoms with van der Waals surface area (Å²) in [6, 6.07) is 3.35. The Kier molecular flexibility index (Phi) is 4.11. The van der Waals surface area contributed by atoms with Crippen molar-refractivity contribution < 1.29 is 9.53 Å². The highest BCUT2D eigenvalue weighted by molar-refractivity contribution is 5.97. The molecule has 0 spiro atoms. The number of rotatable bonds is 4. The third kappa shape index (κ3) is 3.18. The number of amides is 1. The Morgan fingerprint density at radius 3 is 3.28 bits per heavy atom. The van der Waals surface area contributed by atoms with Crippen LogP contribution in [0.2, 0.25) is 0 Å². The number of anilines is 1. The molecule has 0 aromatic carbocycles. The van der Waals surface area contributed by atoms with Gasteiger partial charge in [0.1, 0.15) is 5.82 Å². The van der Waals surface area contributed by atoms with E-state index >= 15 is 0 Å². The summed E-state index contributed by atoms with van der Waals surface area (Å²) in [5.74, 6) is 0.0362. The molecule has 18 heavy (non-hydrogen) atoms. The lowest BCUT2D eigenvalue weighted by Gasteiger charge is -2.30. The van der Waals surface area contributed by atoms with E-state index in [1.165, 1.54) is 0 Å². The Balaban J connectivity index is 1.95. The highest BCUT2D eigenvalue weighted by Gasteiger charge is 2.18. The Labute approximate surface area is 106 Å². The molecule has 1 unspecified atom stereocenters. The summed E-state index contributed by atoms with van der Waals surface area (Å²) in [5.41, 5.74) is 5.69. The molecule has 6 nitrogen and oxygen atoms in total. The summed E-state index contributed by atoms with van der Waals surface area (Å²) in [6.07, 6.45) is 1.73. The summed E-state index contributed by atoms with van der Waals surface area (Å²) >= 11 is 0. The van der Waals surface area contributed by atoms with Crippen molar-refractivity contribution in [3.8, 4) is 0 Å². The summed E-state index contributed by atoms with van der Waals surface area (Å²) in [6.45, 7) is 3.16. The second kappa shape index (κ2) is 5.79. The molecule has 3 N–H and O–H groups in total. The van der Waals surface area contributed by atoms with Gasteiger partial charge in [0.05, 0.1) is 18.3 Å². The normalized spacial score (nSPS) is 20.6. The van der Waals surface area contributed by atoms with E-state index in [0.29, 0.717) is 17.9 Å². The molecule has 1 aromatic heterocycles. The van der Waals surface area contributed by atoms with Gasteiger partial charge >= 0.3 is 0 Å². The molecule has 0 bridgehead atoms. The molecule has 0 aliphatic carbocycles. The minimum Gasteiger partial charge on any atom is -0.374 e. The highest BCUT2D eigenvalue weighted by atomic mass is 16.5. The smallest absolute Gasteiger partial charge is 0.252 e. The Hall–Kier alpha value is -1.66. The van der Waals surface area contributed by atoms with Crippen molar-refractivity contribution in [3.63, 3.8) is 0 Å². The molecule has 1 saturated heterocycles. The summed E-state index contributed by atoms with van der Waals surface area (Å²) in [4.78, 5) is 17.6. The molecule has 1 fully saturated rings. The van der Waals surface area contributed by atoms with Crippen molar-refractivity contribution in [3.05, 3.63) is 23.9 Å². The van der Waals surface area contributed by atoms with Crippen LogP contribution in [0.25, 0.3) is 0 Å². The lowest BCUT2D eigenvalue weighted by molar-refractivity contribution is -0.0117. The van der Waals surface area contributed by atoms with Gasteiger partial charge in [0.2, 0.25) is 0 Å². The van der Waals surface area contributed by atoms with Crippen LogP contribution in [0.3, 0.4) is 0 Å². The van der Waals surface area contributed by atoms with Crippen molar-refractivity contribution >= 4 is 11.7 Å². The van der Waals surface area contributed by atoms with Gasteiger partial charge in [0.15, 0.2) is 0 Å². The summed E-state index contributed by atoms with van der Waals surface area (Å²) in [7, 11) is 2.06. The quantitative estimate of drug-likeness (QED) is 0.781. The second-order valence-corrected chi connectivity index (χ2v) is 4.40. The zero-order chi connectivity index (χ0) is 13.0. The number of carbonyl (C=O) groups excluding carboxylic acids is 1. The van der Waals surface area contributed by atoms with Crippen LogP contribution in [0.4, 0.5) is 5.82 Å². The first-order valence-corrected chi connectivity index (χ1v) is 5.95. The first-order chi connectivity index (χ1) is 8.66. The topological polar surface area (TPSA) is 80.5 Å². The van der Waals surface area contributed by atoms with Gasteiger partial charge in [0, 0.05) is 25.8 Å². The maximum absolute atomic E-state index is 11.2. The van der Waals surface area contributed by atoms with Crippen molar-refractivity contribution in [1.82, 2.24) is 9.88 Å². The van der Waals surface area contributed by atoms with Gasteiger partial charge in [-0.05, 0) is 19.2 Å². The van der Waals surface area contributed by atoms with Gasteiger partial charge in [-0.3, -0.25) is 4.79 Å². The van der Waals surface area contributed by atoms with Crippen LogP contribution >= 0.6 is 0 Å². The standard InChI is InChI=1S/C12H18N4O2/c1-16-5-6-18-9(8-16)7-15-12-10(11(13)17)3-2-4-14-12/h2-4,9H,5-8H2,1H3,(H2,13,17)(H,14,15). The molecule has 1 atom stereocenters. The molecule has 2 heterocycles. The molecule has 0 radical (unpaired) electrons. The van der Waals surface area contributed by atoms with E-state index in [0.717, 1.165) is 19.7 Å². The van der Waals surface area contributed by atoms with Crippen LogP contribution in [0.5, 0.6) is 0 Å². The van der Waals surface area contributed by atoms with Crippen molar-refractivity contribution in [1.29, 1.82) is 0 Å². The van der Waals surface area contributed by atoms with Crippen molar-refractivity contribution in [2.45, 2.75) is 6.10 Å². The number of hydrogen-bond donors (Lipinski definition) is 2. The van der Waals surface area contributed by atoms with E-state index in [1.54, 1.807) is 18.3 Å². The van der Waals surface area contributed by atoms with E-state index in [-0.39, 0.29) is 6.10 Å². The number of ether oxygens (including phenoxy) is 1. The third-order valence-corrected chi connectivity index (χ3v) is 2.91. The van der Waals surface area contributed by atoms with Crippen LogP contribution in [-0.4, -0.2) is 55.2 Å². The van der Waals surface area contributed by atoms with Gasteiger partial charge in [-0.2, -0.15) is 0 Å². The number of morpholine rings is 1. The van der Waals surface area contributed by atoms with E-state index in [1.807, 2.05) is 0 Å². The van der Waals surface area contributed by atoms with E-state index in [2.05, 4.69) is 22.2 Å².